The van der Waals surface area contributed by atoms with Crippen molar-refractivity contribution in [3.63, 3.8) is 0 Å². The summed E-state index contributed by atoms with van der Waals surface area (Å²) < 4.78 is 17.2. The second-order valence-corrected chi connectivity index (χ2v) is 7.81. The lowest BCUT2D eigenvalue weighted by atomic mass is 10.1. The number of hydrogen-bond donors (Lipinski definition) is 1. The Morgan fingerprint density at radius 1 is 0.875 bits per heavy atom. The van der Waals surface area contributed by atoms with Crippen LogP contribution in [0, 0.1) is 0 Å². The van der Waals surface area contributed by atoms with Gasteiger partial charge in [-0.15, -0.1) is 5.06 Å². The molecule has 1 fully saturated rings. The maximum absolute atomic E-state index is 12.2. The molecule has 2 aromatic rings. The van der Waals surface area contributed by atoms with Gasteiger partial charge < -0.3 is 24.8 Å². The molecule has 1 aliphatic rings. The van der Waals surface area contributed by atoms with Gasteiger partial charge in [-0.3, -0.25) is 0 Å². The molecule has 7 heteroatoms. The number of carbonyl (C=O) groups excluding carboxylic acids is 1. The van der Waals surface area contributed by atoms with E-state index in [9.17, 15) is 4.79 Å². The van der Waals surface area contributed by atoms with Gasteiger partial charge in [-0.05, 0) is 42.5 Å². The zero-order valence-electron chi connectivity index (χ0n) is 18.6. The van der Waals surface area contributed by atoms with Crippen molar-refractivity contribution in [1.82, 2.24) is 5.06 Å². The molecule has 0 aliphatic carbocycles. The second kappa shape index (κ2) is 14.0. The summed E-state index contributed by atoms with van der Waals surface area (Å²) in [7, 11) is 0. The van der Waals surface area contributed by atoms with Gasteiger partial charge >= 0.3 is 5.97 Å². The topological polar surface area (TPSA) is 83.2 Å². The summed E-state index contributed by atoms with van der Waals surface area (Å²) in [6.45, 7) is 4.74. The summed E-state index contributed by atoms with van der Waals surface area (Å²) in [6.07, 6.45) is 2.87. The summed E-state index contributed by atoms with van der Waals surface area (Å²) in [5, 5.41) is 1.75. The Hall–Kier alpha value is -2.29. The molecule has 2 aromatic carbocycles. The van der Waals surface area contributed by atoms with Gasteiger partial charge in [0.15, 0.2) is 0 Å². The largest absolute Gasteiger partial charge is 0.376 e. The average Bonchev–Trinajstić information content (AvgIpc) is 3.05. The summed E-state index contributed by atoms with van der Waals surface area (Å²) >= 11 is 0. The number of nitrogens with two attached hydrogens (primary N) is 1. The molecule has 32 heavy (non-hydrogen) atoms. The van der Waals surface area contributed by atoms with E-state index in [0.29, 0.717) is 51.7 Å². The first-order chi connectivity index (χ1) is 15.7. The third-order valence-electron chi connectivity index (χ3n) is 5.26. The molecule has 174 valence electrons. The van der Waals surface area contributed by atoms with Crippen molar-refractivity contribution in [2.45, 2.75) is 38.6 Å². The van der Waals surface area contributed by atoms with Crippen molar-refractivity contribution >= 4 is 5.97 Å². The van der Waals surface area contributed by atoms with Crippen LogP contribution in [-0.4, -0.2) is 56.6 Å². The molecule has 0 bridgehead atoms. The molecule has 0 radical (unpaired) electrons. The highest BCUT2D eigenvalue weighted by molar-refractivity contribution is 5.89. The fourth-order valence-corrected chi connectivity index (χ4v) is 3.51. The molecular weight excluding hydrogens is 408 g/mol. The molecule has 0 amide bonds. The third kappa shape index (κ3) is 8.68. The van der Waals surface area contributed by atoms with Crippen LogP contribution in [0.1, 0.15) is 40.7 Å². The predicted molar refractivity (Wildman–Crippen MR) is 122 cm³/mol. The maximum Gasteiger partial charge on any atom is 0.357 e. The van der Waals surface area contributed by atoms with Gasteiger partial charge in [-0.1, -0.05) is 42.5 Å². The number of benzene rings is 2. The van der Waals surface area contributed by atoms with Gasteiger partial charge in [0.1, 0.15) is 0 Å². The normalized spacial score (nSPS) is 17.1. The fraction of sp³-hybridized carbons (Fsp3) is 0.480. The molecule has 7 nitrogen and oxygen atoms in total. The van der Waals surface area contributed by atoms with Crippen molar-refractivity contribution in [3.8, 4) is 0 Å². The summed E-state index contributed by atoms with van der Waals surface area (Å²) in [5.41, 5.74) is 8.24. The fourth-order valence-electron chi connectivity index (χ4n) is 3.51. The van der Waals surface area contributed by atoms with Crippen molar-refractivity contribution in [2.75, 3.05) is 39.5 Å². The molecule has 1 saturated heterocycles. The van der Waals surface area contributed by atoms with Gasteiger partial charge in [-0.2, -0.15) is 0 Å². The van der Waals surface area contributed by atoms with Crippen LogP contribution in [0.5, 0.6) is 0 Å². The van der Waals surface area contributed by atoms with Crippen molar-refractivity contribution in [3.05, 3.63) is 71.3 Å². The van der Waals surface area contributed by atoms with Crippen LogP contribution in [0.3, 0.4) is 0 Å². The highest BCUT2D eigenvalue weighted by Crippen LogP contribution is 2.16. The monoisotopic (exact) mass is 442 g/mol. The van der Waals surface area contributed by atoms with E-state index in [2.05, 4.69) is 12.1 Å². The van der Waals surface area contributed by atoms with Crippen LogP contribution in [0.2, 0.25) is 0 Å². The van der Waals surface area contributed by atoms with Crippen LogP contribution in [-0.2, 0) is 32.3 Å². The Kier molecular flexibility index (Phi) is 10.6. The Labute approximate surface area is 190 Å². The number of carbonyl (C=O) groups is 1. The number of ether oxygens (including phenoxy) is 3. The van der Waals surface area contributed by atoms with Crippen LogP contribution in [0.4, 0.5) is 0 Å². The van der Waals surface area contributed by atoms with E-state index in [1.54, 1.807) is 17.2 Å². The zero-order valence-corrected chi connectivity index (χ0v) is 18.6. The molecule has 1 atom stereocenters. The molecule has 1 aliphatic heterocycles. The van der Waals surface area contributed by atoms with Gasteiger partial charge in [0.25, 0.3) is 0 Å². The van der Waals surface area contributed by atoms with E-state index < -0.39 is 0 Å². The lowest BCUT2D eigenvalue weighted by molar-refractivity contribution is -0.109. The minimum absolute atomic E-state index is 0.159. The van der Waals surface area contributed by atoms with Crippen molar-refractivity contribution < 1.29 is 23.8 Å². The molecule has 3 rings (SSSR count). The minimum Gasteiger partial charge on any atom is -0.376 e. The van der Waals surface area contributed by atoms with E-state index in [0.717, 1.165) is 36.9 Å². The lowest BCUT2D eigenvalue weighted by Gasteiger charge is -2.19. The first-order valence-corrected chi connectivity index (χ1v) is 11.3. The lowest BCUT2D eigenvalue weighted by Crippen LogP contribution is -2.29. The first kappa shape index (κ1) is 24.4. The Balaban J connectivity index is 1.27. The highest BCUT2D eigenvalue weighted by Gasteiger charge is 2.20. The number of rotatable bonds is 12. The van der Waals surface area contributed by atoms with E-state index in [-0.39, 0.29) is 12.1 Å². The number of hydrogen-bond acceptors (Lipinski definition) is 7. The van der Waals surface area contributed by atoms with Gasteiger partial charge in [0, 0.05) is 19.6 Å². The van der Waals surface area contributed by atoms with E-state index in [1.807, 2.05) is 30.3 Å². The van der Waals surface area contributed by atoms with E-state index in [1.165, 1.54) is 0 Å². The Morgan fingerprint density at radius 3 is 2.25 bits per heavy atom. The quantitative estimate of drug-likeness (QED) is 0.505. The SMILES string of the molecule is NCCOCc1ccc(COCCOC2CCCN(OC(=O)c3ccccc3)CC2)cc1. The molecule has 0 aromatic heterocycles. The second-order valence-electron chi connectivity index (χ2n) is 7.81. The first-order valence-electron chi connectivity index (χ1n) is 11.3. The van der Waals surface area contributed by atoms with Crippen LogP contribution < -0.4 is 5.73 Å². The summed E-state index contributed by atoms with van der Waals surface area (Å²) in [4.78, 5) is 17.8. The third-order valence-corrected chi connectivity index (χ3v) is 5.26. The van der Waals surface area contributed by atoms with Gasteiger partial charge in [-0.25, -0.2) is 4.79 Å². The van der Waals surface area contributed by atoms with Crippen LogP contribution >= 0.6 is 0 Å². The van der Waals surface area contributed by atoms with Crippen LogP contribution in [0.25, 0.3) is 0 Å². The van der Waals surface area contributed by atoms with Crippen molar-refractivity contribution in [2.24, 2.45) is 5.73 Å². The molecule has 1 unspecified atom stereocenters. The molecule has 0 saturated carbocycles. The molecular formula is C25H34N2O5. The summed E-state index contributed by atoms with van der Waals surface area (Å²) in [6, 6.07) is 17.3. The van der Waals surface area contributed by atoms with Crippen LogP contribution in [0.15, 0.2) is 54.6 Å². The molecule has 1 heterocycles. The summed E-state index contributed by atoms with van der Waals surface area (Å²) in [5.74, 6) is -0.311. The van der Waals surface area contributed by atoms with Gasteiger partial charge in [0.05, 0.1) is 44.7 Å². The van der Waals surface area contributed by atoms with Gasteiger partial charge in [0.2, 0.25) is 0 Å². The standard InChI is InChI=1S/C25H34N2O5/c26-13-16-29-19-21-8-10-22(11-9-21)20-30-17-18-31-24-7-4-14-27(15-12-24)32-25(28)23-5-2-1-3-6-23/h1-3,5-6,8-11,24H,4,7,12-20,26H2. The maximum atomic E-state index is 12.2. The molecule has 2 N–H and O–H groups in total. The number of nitrogens with zero attached hydrogens (tertiary/aromatic N) is 1. The minimum atomic E-state index is -0.311. The predicted octanol–water partition coefficient (Wildman–Crippen LogP) is 3.32. The number of hydroxylamine groups is 2. The van der Waals surface area contributed by atoms with E-state index in [4.69, 9.17) is 24.8 Å². The van der Waals surface area contributed by atoms with Crippen molar-refractivity contribution in [1.29, 1.82) is 0 Å². The smallest absolute Gasteiger partial charge is 0.357 e. The average molecular weight is 443 g/mol. The highest BCUT2D eigenvalue weighted by atomic mass is 16.7. The van der Waals surface area contributed by atoms with E-state index >= 15 is 0 Å². The molecule has 0 spiro atoms. The Bertz CT molecular complexity index is 785. The zero-order chi connectivity index (χ0) is 22.4. The Morgan fingerprint density at radius 2 is 1.56 bits per heavy atom.